The first-order chi connectivity index (χ1) is 8.27. The van der Waals surface area contributed by atoms with Gasteiger partial charge in [-0.05, 0) is 12.8 Å². The van der Waals surface area contributed by atoms with Crippen molar-refractivity contribution in [3.63, 3.8) is 0 Å². The number of amides is 1. The quantitative estimate of drug-likeness (QED) is 0.716. The Morgan fingerprint density at radius 2 is 2.00 bits per heavy atom. The molecule has 1 saturated carbocycles. The number of nitrogens with zero attached hydrogens (tertiary/aromatic N) is 1. The second-order valence-corrected chi connectivity index (χ2v) is 4.80. The molecule has 0 aromatic rings. The molecule has 0 aromatic carbocycles. The summed E-state index contributed by atoms with van der Waals surface area (Å²) in [5.41, 5.74) is -0.387. The number of carbonyl (C=O) groups excluding carboxylic acids is 1. The van der Waals surface area contributed by atoms with Crippen molar-refractivity contribution in [2.75, 3.05) is 20.3 Å². The van der Waals surface area contributed by atoms with E-state index in [9.17, 15) is 4.79 Å². The molecule has 1 saturated heterocycles. The fourth-order valence-electron chi connectivity index (χ4n) is 2.55. The molecule has 1 amide bonds. The molecule has 2 N–H and O–H groups in total. The fraction of sp³-hybridized carbons (Fsp3) is 0.833. The van der Waals surface area contributed by atoms with E-state index in [0.717, 1.165) is 25.7 Å². The van der Waals surface area contributed by atoms with Gasteiger partial charge in [0.2, 0.25) is 0 Å². The summed E-state index contributed by atoms with van der Waals surface area (Å²) in [7, 11) is 1.65. The van der Waals surface area contributed by atoms with E-state index in [-0.39, 0.29) is 11.4 Å². The maximum Gasteiger partial charge on any atom is 0.252 e. The summed E-state index contributed by atoms with van der Waals surface area (Å²) >= 11 is 0. The van der Waals surface area contributed by atoms with Gasteiger partial charge in [0.05, 0.1) is 13.2 Å². The van der Waals surface area contributed by atoms with E-state index in [1.807, 2.05) is 0 Å². The van der Waals surface area contributed by atoms with Crippen molar-refractivity contribution in [2.45, 2.75) is 44.1 Å². The van der Waals surface area contributed by atoms with E-state index in [2.05, 4.69) is 15.6 Å². The first-order valence-electron chi connectivity index (χ1n) is 6.40. The van der Waals surface area contributed by atoms with Crippen molar-refractivity contribution in [1.29, 1.82) is 0 Å². The van der Waals surface area contributed by atoms with Crippen molar-refractivity contribution in [2.24, 2.45) is 4.99 Å². The van der Waals surface area contributed by atoms with Gasteiger partial charge in [-0.3, -0.25) is 15.1 Å². The Morgan fingerprint density at radius 1 is 1.29 bits per heavy atom. The van der Waals surface area contributed by atoms with E-state index in [0.29, 0.717) is 19.1 Å². The van der Waals surface area contributed by atoms with Crippen LogP contribution in [0.2, 0.25) is 0 Å². The third kappa shape index (κ3) is 2.77. The minimum absolute atomic E-state index is 0.0931. The van der Waals surface area contributed by atoms with Gasteiger partial charge in [0.25, 0.3) is 5.91 Å². The van der Waals surface area contributed by atoms with Crippen LogP contribution in [0.4, 0.5) is 0 Å². The van der Waals surface area contributed by atoms with E-state index in [1.54, 1.807) is 7.11 Å². The van der Waals surface area contributed by atoms with Crippen LogP contribution in [-0.4, -0.2) is 37.7 Å². The zero-order valence-electron chi connectivity index (χ0n) is 10.4. The molecule has 2 aliphatic rings. The molecule has 0 bridgehead atoms. The molecule has 17 heavy (non-hydrogen) atoms. The van der Waals surface area contributed by atoms with Gasteiger partial charge in [-0.1, -0.05) is 25.7 Å². The van der Waals surface area contributed by atoms with Crippen molar-refractivity contribution in [1.82, 2.24) is 10.6 Å². The number of aliphatic imine (C=N–C) groups is 1. The van der Waals surface area contributed by atoms with E-state index < -0.39 is 0 Å². The first-order valence-corrected chi connectivity index (χ1v) is 6.40. The summed E-state index contributed by atoms with van der Waals surface area (Å²) in [6, 6.07) is 0. The first kappa shape index (κ1) is 12.4. The smallest absolute Gasteiger partial charge is 0.252 e. The maximum absolute atomic E-state index is 12.1. The minimum Gasteiger partial charge on any atom is -0.383 e. The molecule has 1 aliphatic heterocycles. The highest BCUT2D eigenvalue weighted by Crippen LogP contribution is 2.29. The van der Waals surface area contributed by atoms with E-state index in [4.69, 9.17) is 4.74 Å². The Balaban J connectivity index is 2.00. The van der Waals surface area contributed by atoms with Crippen LogP contribution in [0.1, 0.15) is 38.5 Å². The molecule has 5 nitrogen and oxygen atoms in total. The number of guanidine groups is 1. The third-order valence-corrected chi connectivity index (χ3v) is 3.55. The van der Waals surface area contributed by atoms with Gasteiger partial charge >= 0.3 is 0 Å². The molecule has 0 atom stereocenters. The van der Waals surface area contributed by atoms with Gasteiger partial charge < -0.3 is 10.1 Å². The number of nitrogens with one attached hydrogen (secondary N) is 2. The van der Waals surface area contributed by atoms with Gasteiger partial charge in [0.1, 0.15) is 5.54 Å². The van der Waals surface area contributed by atoms with Crippen molar-refractivity contribution < 1.29 is 9.53 Å². The van der Waals surface area contributed by atoms with E-state index >= 15 is 0 Å². The molecule has 0 radical (unpaired) electrons. The maximum atomic E-state index is 12.1. The molecule has 2 rings (SSSR count). The van der Waals surface area contributed by atoms with Gasteiger partial charge in [-0.2, -0.15) is 0 Å². The number of ether oxygens (including phenoxy) is 1. The Morgan fingerprint density at radius 3 is 2.65 bits per heavy atom. The fourth-order valence-corrected chi connectivity index (χ4v) is 2.55. The van der Waals surface area contributed by atoms with Crippen LogP contribution in [0, 0.1) is 0 Å². The molecule has 1 aliphatic carbocycles. The van der Waals surface area contributed by atoms with Gasteiger partial charge in [-0.25, -0.2) is 0 Å². The summed E-state index contributed by atoms with van der Waals surface area (Å²) in [6.45, 7) is 1.16. The highest BCUT2D eigenvalue weighted by atomic mass is 16.5. The zero-order chi connectivity index (χ0) is 12.1. The Labute approximate surface area is 102 Å². The lowest BCUT2D eigenvalue weighted by atomic mass is 9.91. The van der Waals surface area contributed by atoms with Crippen LogP contribution in [-0.2, 0) is 9.53 Å². The predicted molar refractivity (Wildman–Crippen MR) is 65.9 cm³/mol. The van der Waals surface area contributed by atoms with Crippen LogP contribution in [0.15, 0.2) is 4.99 Å². The van der Waals surface area contributed by atoms with E-state index in [1.165, 1.54) is 12.8 Å². The van der Waals surface area contributed by atoms with Crippen LogP contribution < -0.4 is 10.6 Å². The van der Waals surface area contributed by atoms with Gasteiger partial charge in [0.15, 0.2) is 5.96 Å². The number of rotatable bonds is 3. The largest absolute Gasteiger partial charge is 0.383 e. The van der Waals surface area contributed by atoms with Crippen LogP contribution in [0.5, 0.6) is 0 Å². The molecule has 2 fully saturated rings. The van der Waals surface area contributed by atoms with Crippen LogP contribution in [0.25, 0.3) is 0 Å². The lowest BCUT2D eigenvalue weighted by Gasteiger charge is -2.24. The van der Waals surface area contributed by atoms with Crippen molar-refractivity contribution in [3.05, 3.63) is 0 Å². The molecular formula is C12H21N3O2. The summed E-state index contributed by atoms with van der Waals surface area (Å²) < 4.78 is 4.94. The number of methoxy groups -OCH3 is 1. The lowest BCUT2D eigenvalue weighted by molar-refractivity contribution is -0.124. The lowest BCUT2D eigenvalue weighted by Crippen LogP contribution is -2.46. The molecule has 1 heterocycles. The molecular weight excluding hydrogens is 218 g/mol. The Hall–Kier alpha value is -1.10. The monoisotopic (exact) mass is 239 g/mol. The normalized spacial score (nSPS) is 25.7. The number of carbonyl (C=O) groups is 1. The molecule has 5 heteroatoms. The topological polar surface area (TPSA) is 62.7 Å². The SMILES string of the molecule is COCCN=C1NC(=O)C2(CCCCCC2)N1. The zero-order valence-corrected chi connectivity index (χ0v) is 10.4. The average molecular weight is 239 g/mol. The standard InChI is InChI=1S/C12H21N3O2/c1-17-9-8-13-11-14-10(16)12(15-11)6-4-2-3-5-7-12/h2-9H2,1H3,(H2,13,14,15,16). The second-order valence-electron chi connectivity index (χ2n) is 4.80. The molecule has 0 unspecified atom stereocenters. The molecule has 1 spiro atoms. The number of hydrogen-bond acceptors (Lipinski definition) is 3. The second kappa shape index (κ2) is 5.49. The molecule has 0 aromatic heterocycles. The summed E-state index contributed by atoms with van der Waals surface area (Å²) in [6.07, 6.45) is 6.53. The number of hydrogen-bond donors (Lipinski definition) is 2. The highest BCUT2D eigenvalue weighted by Gasteiger charge is 2.44. The minimum atomic E-state index is -0.387. The van der Waals surface area contributed by atoms with Crippen molar-refractivity contribution in [3.8, 4) is 0 Å². The average Bonchev–Trinajstić information content (AvgIpc) is 2.51. The summed E-state index contributed by atoms with van der Waals surface area (Å²) in [5.74, 6) is 0.713. The summed E-state index contributed by atoms with van der Waals surface area (Å²) in [5, 5.41) is 6.13. The van der Waals surface area contributed by atoms with Crippen LogP contribution >= 0.6 is 0 Å². The highest BCUT2D eigenvalue weighted by molar-refractivity contribution is 6.09. The third-order valence-electron chi connectivity index (χ3n) is 3.55. The predicted octanol–water partition coefficient (Wildman–Crippen LogP) is 0.801. The van der Waals surface area contributed by atoms with Gasteiger partial charge in [-0.15, -0.1) is 0 Å². The van der Waals surface area contributed by atoms with Gasteiger partial charge in [0, 0.05) is 7.11 Å². The Bertz CT molecular complexity index is 307. The van der Waals surface area contributed by atoms with Crippen LogP contribution in [0.3, 0.4) is 0 Å². The van der Waals surface area contributed by atoms with Crippen molar-refractivity contribution >= 4 is 11.9 Å². The summed E-state index contributed by atoms with van der Waals surface area (Å²) in [4.78, 5) is 16.4. The Kier molecular flexibility index (Phi) is 3.99. The molecule has 96 valence electrons.